The van der Waals surface area contributed by atoms with Crippen LogP contribution in [0.1, 0.15) is 40.0 Å². The zero-order chi connectivity index (χ0) is 15.9. The summed E-state index contributed by atoms with van der Waals surface area (Å²) in [7, 11) is 1.62. The van der Waals surface area contributed by atoms with E-state index in [1.54, 1.807) is 12.0 Å². The summed E-state index contributed by atoms with van der Waals surface area (Å²) in [4.78, 5) is 26.6. The Bertz CT molecular complexity index is 362. The van der Waals surface area contributed by atoms with Crippen molar-refractivity contribution in [2.75, 3.05) is 33.5 Å². The van der Waals surface area contributed by atoms with Gasteiger partial charge in [0.2, 0.25) is 11.8 Å². The second kappa shape index (κ2) is 8.34. The molecule has 0 aliphatic carbocycles. The van der Waals surface area contributed by atoms with E-state index in [0.717, 1.165) is 6.42 Å². The first-order valence-electron chi connectivity index (χ1n) is 7.70. The van der Waals surface area contributed by atoms with Gasteiger partial charge in [0.15, 0.2) is 0 Å². The van der Waals surface area contributed by atoms with Gasteiger partial charge in [-0.3, -0.25) is 9.59 Å². The number of carbonyl (C=O) groups excluding carboxylic acids is 2. The van der Waals surface area contributed by atoms with Crippen LogP contribution in [0.5, 0.6) is 0 Å². The molecule has 1 saturated heterocycles. The number of methoxy groups -OCH3 is 1. The number of rotatable bonds is 9. The molecular formula is C15H28N2O4. The summed E-state index contributed by atoms with van der Waals surface area (Å²) in [6.45, 7) is 7.61. The maximum Gasteiger partial charge on any atom is 0.246 e. The molecule has 1 aliphatic heterocycles. The lowest BCUT2D eigenvalue weighted by Crippen LogP contribution is -2.69. The zero-order valence-corrected chi connectivity index (χ0v) is 13.6. The number of nitrogens with zero attached hydrogens (tertiary/aromatic N) is 1. The highest BCUT2D eigenvalue weighted by atomic mass is 16.5. The minimum atomic E-state index is -0.786. The molecule has 1 N–H and O–H groups in total. The molecule has 2 amide bonds. The third-order valence-corrected chi connectivity index (χ3v) is 4.11. The molecule has 1 fully saturated rings. The highest BCUT2D eigenvalue weighted by Crippen LogP contribution is 2.25. The van der Waals surface area contributed by atoms with Gasteiger partial charge < -0.3 is 19.7 Å². The maximum atomic E-state index is 12.6. The van der Waals surface area contributed by atoms with Crippen molar-refractivity contribution in [1.82, 2.24) is 10.2 Å². The molecule has 0 saturated carbocycles. The van der Waals surface area contributed by atoms with E-state index in [-0.39, 0.29) is 11.8 Å². The molecule has 0 aromatic carbocycles. The zero-order valence-electron chi connectivity index (χ0n) is 13.6. The monoisotopic (exact) mass is 300 g/mol. The average molecular weight is 300 g/mol. The van der Waals surface area contributed by atoms with E-state index in [9.17, 15) is 9.59 Å². The van der Waals surface area contributed by atoms with Crippen LogP contribution in [0.2, 0.25) is 0 Å². The van der Waals surface area contributed by atoms with Crippen LogP contribution in [-0.2, 0) is 19.1 Å². The van der Waals surface area contributed by atoms with Gasteiger partial charge in [-0.1, -0.05) is 20.3 Å². The Labute approximate surface area is 127 Å². The van der Waals surface area contributed by atoms with Crippen LogP contribution in [0.15, 0.2) is 0 Å². The smallest absolute Gasteiger partial charge is 0.246 e. The third kappa shape index (κ3) is 4.17. The van der Waals surface area contributed by atoms with Crippen LogP contribution >= 0.6 is 0 Å². The predicted molar refractivity (Wildman–Crippen MR) is 79.9 cm³/mol. The number of hydrogen-bond donors (Lipinski definition) is 1. The summed E-state index contributed by atoms with van der Waals surface area (Å²) >= 11 is 0. The molecule has 6 heteroatoms. The van der Waals surface area contributed by atoms with E-state index in [1.165, 1.54) is 0 Å². The molecular weight excluding hydrogens is 272 g/mol. The predicted octanol–water partition coefficient (Wildman–Crippen LogP) is 0.945. The van der Waals surface area contributed by atoms with Crippen LogP contribution in [0.3, 0.4) is 0 Å². The van der Waals surface area contributed by atoms with Crippen molar-refractivity contribution in [2.45, 2.75) is 51.6 Å². The van der Waals surface area contributed by atoms with E-state index in [0.29, 0.717) is 39.2 Å². The largest absolute Gasteiger partial charge is 0.382 e. The molecule has 1 rings (SSSR count). The number of amides is 2. The number of piperazine rings is 1. The van der Waals surface area contributed by atoms with Gasteiger partial charge in [-0.25, -0.2) is 0 Å². The molecule has 0 aromatic heterocycles. The minimum absolute atomic E-state index is 0.00357. The summed E-state index contributed by atoms with van der Waals surface area (Å²) in [5, 5.41) is 2.86. The van der Waals surface area contributed by atoms with Crippen molar-refractivity contribution in [3.8, 4) is 0 Å². The van der Waals surface area contributed by atoms with Crippen molar-refractivity contribution in [3.63, 3.8) is 0 Å². The molecule has 1 heterocycles. The topological polar surface area (TPSA) is 67.9 Å². The minimum Gasteiger partial charge on any atom is -0.382 e. The molecule has 0 radical (unpaired) electrons. The lowest BCUT2D eigenvalue weighted by Gasteiger charge is -2.46. The molecule has 2 unspecified atom stereocenters. The van der Waals surface area contributed by atoms with Crippen molar-refractivity contribution in [3.05, 3.63) is 0 Å². The van der Waals surface area contributed by atoms with Gasteiger partial charge in [-0.05, 0) is 19.8 Å². The Morgan fingerprint density at radius 1 is 1.24 bits per heavy atom. The normalized spacial score (nSPS) is 26.1. The summed E-state index contributed by atoms with van der Waals surface area (Å²) in [5.74, 6) is -0.0731. The lowest BCUT2D eigenvalue weighted by molar-refractivity contribution is -0.158. The van der Waals surface area contributed by atoms with Gasteiger partial charge in [0.25, 0.3) is 0 Å². The van der Waals surface area contributed by atoms with Crippen LogP contribution in [0, 0.1) is 0 Å². The van der Waals surface area contributed by atoms with Crippen LogP contribution < -0.4 is 5.32 Å². The lowest BCUT2D eigenvalue weighted by atomic mass is 9.89. The molecule has 0 bridgehead atoms. The summed E-state index contributed by atoms with van der Waals surface area (Å²) in [6.07, 6.45) is 2.12. The molecule has 0 spiro atoms. The van der Waals surface area contributed by atoms with E-state index in [4.69, 9.17) is 9.47 Å². The Kier molecular flexibility index (Phi) is 7.11. The van der Waals surface area contributed by atoms with Gasteiger partial charge in [0, 0.05) is 13.7 Å². The first-order chi connectivity index (χ1) is 10.0. The quantitative estimate of drug-likeness (QED) is 0.644. The Morgan fingerprint density at radius 2 is 1.95 bits per heavy atom. The third-order valence-electron chi connectivity index (χ3n) is 4.11. The van der Waals surface area contributed by atoms with Crippen molar-refractivity contribution < 1.29 is 19.1 Å². The van der Waals surface area contributed by atoms with Crippen LogP contribution in [-0.4, -0.2) is 61.8 Å². The fourth-order valence-corrected chi connectivity index (χ4v) is 2.52. The Hall–Kier alpha value is -1.14. The van der Waals surface area contributed by atoms with Crippen molar-refractivity contribution >= 4 is 11.8 Å². The first kappa shape index (κ1) is 17.9. The average Bonchev–Trinajstić information content (AvgIpc) is 2.47. The highest BCUT2D eigenvalue weighted by molar-refractivity contribution is 5.99. The molecule has 122 valence electrons. The fraction of sp³-hybridized carbons (Fsp3) is 0.867. The molecule has 0 aromatic rings. The van der Waals surface area contributed by atoms with Gasteiger partial charge in [0.05, 0.1) is 19.8 Å². The van der Waals surface area contributed by atoms with Crippen molar-refractivity contribution in [1.29, 1.82) is 0 Å². The van der Waals surface area contributed by atoms with E-state index in [1.807, 2.05) is 20.8 Å². The Balaban J connectivity index is 2.71. The SMILES string of the molecule is CCCC1NC(=O)C(C)(CC)N(CCOCCOC)C1=O. The first-order valence-corrected chi connectivity index (χ1v) is 7.70. The van der Waals surface area contributed by atoms with Crippen LogP contribution in [0.4, 0.5) is 0 Å². The van der Waals surface area contributed by atoms with E-state index in [2.05, 4.69) is 5.32 Å². The summed E-state index contributed by atoms with van der Waals surface area (Å²) < 4.78 is 10.4. The molecule has 1 aliphatic rings. The molecule has 6 nitrogen and oxygen atoms in total. The number of carbonyl (C=O) groups is 2. The van der Waals surface area contributed by atoms with Gasteiger partial charge in [-0.15, -0.1) is 0 Å². The van der Waals surface area contributed by atoms with Gasteiger partial charge in [-0.2, -0.15) is 0 Å². The van der Waals surface area contributed by atoms with Gasteiger partial charge >= 0.3 is 0 Å². The number of ether oxygens (including phenoxy) is 2. The standard InChI is InChI=1S/C15H28N2O4/c1-5-7-12-13(18)17(8-9-21-11-10-20-4)15(3,6-2)14(19)16-12/h12H,5-11H2,1-4H3,(H,16,19). The molecule has 21 heavy (non-hydrogen) atoms. The summed E-state index contributed by atoms with van der Waals surface area (Å²) in [5.41, 5.74) is -0.786. The molecule has 2 atom stereocenters. The Morgan fingerprint density at radius 3 is 2.52 bits per heavy atom. The van der Waals surface area contributed by atoms with Crippen LogP contribution in [0.25, 0.3) is 0 Å². The maximum absolute atomic E-state index is 12.6. The number of nitrogens with one attached hydrogen (secondary N) is 1. The van der Waals surface area contributed by atoms with E-state index >= 15 is 0 Å². The fourth-order valence-electron chi connectivity index (χ4n) is 2.52. The van der Waals surface area contributed by atoms with E-state index < -0.39 is 11.6 Å². The number of hydrogen-bond acceptors (Lipinski definition) is 4. The highest BCUT2D eigenvalue weighted by Gasteiger charge is 2.47. The second-order valence-corrected chi connectivity index (χ2v) is 5.54. The second-order valence-electron chi connectivity index (χ2n) is 5.54. The summed E-state index contributed by atoms with van der Waals surface area (Å²) in [6, 6.07) is -0.402. The van der Waals surface area contributed by atoms with Gasteiger partial charge in [0.1, 0.15) is 11.6 Å². The van der Waals surface area contributed by atoms with Crippen molar-refractivity contribution in [2.24, 2.45) is 0 Å².